The second-order valence-corrected chi connectivity index (χ2v) is 5.43. The van der Waals surface area contributed by atoms with Gasteiger partial charge in [-0.25, -0.2) is 0 Å². The lowest BCUT2D eigenvalue weighted by Gasteiger charge is -2.29. The standard InChI is InChI=1S/C15H21ClO/c1-3-5-15(16)14-7-4-6-11-10-12(17-2)8-9-13(11)14/h8-10,14-15H,3-7H2,1-2H3. The van der Waals surface area contributed by atoms with E-state index in [1.54, 1.807) is 7.11 Å². The average Bonchev–Trinajstić information content (AvgIpc) is 2.37. The molecule has 0 spiro atoms. The van der Waals surface area contributed by atoms with Crippen LogP contribution in [0.15, 0.2) is 18.2 Å². The topological polar surface area (TPSA) is 9.23 Å². The molecule has 0 amide bonds. The van der Waals surface area contributed by atoms with Crippen LogP contribution in [-0.4, -0.2) is 12.5 Å². The number of fused-ring (bicyclic) bond motifs is 1. The maximum absolute atomic E-state index is 6.53. The average molecular weight is 253 g/mol. The van der Waals surface area contributed by atoms with Gasteiger partial charge in [0.1, 0.15) is 5.75 Å². The summed E-state index contributed by atoms with van der Waals surface area (Å²) >= 11 is 6.53. The monoisotopic (exact) mass is 252 g/mol. The Labute approximate surface area is 109 Å². The summed E-state index contributed by atoms with van der Waals surface area (Å²) in [7, 11) is 1.73. The summed E-state index contributed by atoms with van der Waals surface area (Å²) in [5.41, 5.74) is 2.88. The first-order valence-corrected chi connectivity index (χ1v) is 7.00. The maximum Gasteiger partial charge on any atom is 0.119 e. The van der Waals surface area contributed by atoms with Crippen LogP contribution in [0, 0.1) is 0 Å². The Morgan fingerprint density at radius 2 is 2.29 bits per heavy atom. The Kier molecular flexibility index (Phi) is 4.33. The van der Waals surface area contributed by atoms with Crippen molar-refractivity contribution in [1.82, 2.24) is 0 Å². The molecule has 1 aromatic carbocycles. The van der Waals surface area contributed by atoms with Crippen LogP contribution in [0.25, 0.3) is 0 Å². The Bertz CT molecular complexity index is 375. The van der Waals surface area contributed by atoms with Crippen molar-refractivity contribution in [3.8, 4) is 5.75 Å². The number of hydrogen-bond acceptors (Lipinski definition) is 1. The highest BCUT2D eigenvalue weighted by atomic mass is 35.5. The molecule has 0 N–H and O–H groups in total. The van der Waals surface area contributed by atoms with Crippen LogP contribution in [0.2, 0.25) is 0 Å². The van der Waals surface area contributed by atoms with Crippen molar-refractivity contribution in [2.24, 2.45) is 0 Å². The van der Waals surface area contributed by atoms with Crippen LogP contribution in [0.4, 0.5) is 0 Å². The lowest BCUT2D eigenvalue weighted by atomic mass is 9.80. The molecule has 0 radical (unpaired) electrons. The zero-order valence-corrected chi connectivity index (χ0v) is 11.5. The highest BCUT2D eigenvalue weighted by Crippen LogP contribution is 2.38. The lowest BCUT2D eigenvalue weighted by molar-refractivity contribution is 0.412. The molecule has 2 atom stereocenters. The van der Waals surface area contributed by atoms with Gasteiger partial charge in [-0.1, -0.05) is 19.4 Å². The fraction of sp³-hybridized carbons (Fsp3) is 0.600. The van der Waals surface area contributed by atoms with E-state index in [2.05, 4.69) is 25.1 Å². The van der Waals surface area contributed by atoms with Crippen LogP contribution < -0.4 is 4.74 Å². The molecule has 1 aliphatic carbocycles. The first kappa shape index (κ1) is 12.8. The number of methoxy groups -OCH3 is 1. The van der Waals surface area contributed by atoms with Gasteiger partial charge >= 0.3 is 0 Å². The first-order chi connectivity index (χ1) is 8.26. The normalized spacial score (nSPS) is 20.8. The molecule has 94 valence electrons. The highest BCUT2D eigenvalue weighted by molar-refractivity contribution is 6.21. The molecule has 1 nitrogen and oxygen atoms in total. The zero-order chi connectivity index (χ0) is 12.3. The smallest absolute Gasteiger partial charge is 0.119 e. The predicted octanol–water partition coefficient (Wildman–Crippen LogP) is 4.52. The van der Waals surface area contributed by atoms with Gasteiger partial charge in [0.15, 0.2) is 0 Å². The summed E-state index contributed by atoms with van der Waals surface area (Å²) in [4.78, 5) is 0. The van der Waals surface area contributed by atoms with Crippen LogP contribution >= 0.6 is 11.6 Å². The van der Waals surface area contributed by atoms with Crippen LogP contribution in [0.3, 0.4) is 0 Å². The summed E-state index contributed by atoms with van der Waals surface area (Å²) in [6.07, 6.45) is 5.91. The molecule has 0 aromatic heterocycles. The Balaban J connectivity index is 2.25. The third kappa shape index (κ3) is 2.77. The van der Waals surface area contributed by atoms with E-state index in [-0.39, 0.29) is 5.38 Å². The van der Waals surface area contributed by atoms with Crippen molar-refractivity contribution < 1.29 is 4.74 Å². The molecule has 2 heteroatoms. The van der Waals surface area contributed by atoms with Crippen LogP contribution in [-0.2, 0) is 6.42 Å². The molecule has 0 saturated carbocycles. The molecule has 17 heavy (non-hydrogen) atoms. The van der Waals surface area contributed by atoms with Crippen LogP contribution in [0.5, 0.6) is 5.75 Å². The minimum absolute atomic E-state index is 0.285. The first-order valence-electron chi connectivity index (χ1n) is 6.57. The number of aryl methyl sites for hydroxylation is 1. The van der Waals surface area contributed by atoms with Crippen molar-refractivity contribution in [2.75, 3.05) is 7.11 Å². The number of alkyl halides is 1. The zero-order valence-electron chi connectivity index (χ0n) is 10.7. The molecule has 2 unspecified atom stereocenters. The number of halogens is 1. The Morgan fingerprint density at radius 3 is 3.00 bits per heavy atom. The molecule has 1 aliphatic rings. The fourth-order valence-electron chi connectivity index (χ4n) is 2.81. The molecule has 0 bridgehead atoms. The predicted molar refractivity (Wildman–Crippen MR) is 73.2 cm³/mol. The summed E-state index contributed by atoms with van der Waals surface area (Å²) in [5.74, 6) is 1.50. The minimum Gasteiger partial charge on any atom is -0.497 e. The second kappa shape index (κ2) is 5.77. The van der Waals surface area contributed by atoms with E-state index in [1.807, 2.05) is 0 Å². The summed E-state index contributed by atoms with van der Waals surface area (Å²) in [6.45, 7) is 2.20. The van der Waals surface area contributed by atoms with Crippen molar-refractivity contribution in [3.63, 3.8) is 0 Å². The number of benzene rings is 1. The van der Waals surface area contributed by atoms with E-state index >= 15 is 0 Å². The number of ether oxygens (including phenoxy) is 1. The molecule has 0 saturated heterocycles. The quantitative estimate of drug-likeness (QED) is 0.716. The lowest BCUT2D eigenvalue weighted by Crippen LogP contribution is -2.18. The van der Waals surface area contributed by atoms with Gasteiger partial charge in [-0.2, -0.15) is 0 Å². The number of rotatable bonds is 4. The third-order valence-electron chi connectivity index (χ3n) is 3.71. The van der Waals surface area contributed by atoms with E-state index in [0.29, 0.717) is 5.92 Å². The molecule has 0 heterocycles. The van der Waals surface area contributed by atoms with Crippen LogP contribution in [0.1, 0.15) is 49.7 Å². The Hall–Kier alpha value is -0.690. The van der Waals surface area contributed by atoms with Crippen molar-refractivity contribution in [2.45, 2.75) is 50.3 Å². The van der Waals surface area contributed by atoms with Crippen molar-refractivity contribution in [1.29, 1.82) is 0 Å². The molecule has 0 fully saturated rings. The molecule has 1 aromatic rings. The largest absolute Gasteiger partial charge is 0.497 e. The SMILES string of the molecule is CCCC(Cl)C1CCCc2cc(OC)ccc21. The van der Waals surface area contributed by atoms with Gasteiger partial charge in [0.2, 0.25) is 0 Å². The third-order valence-corrected chi connectivity index (χ3v) is 4.23. The van der Waals surface area contributed by atoms with Gasteiger partial charge in [-0.15, -0.1) is 11.6 Å². The van der Waals surface area contributed by atoms with Gasteiger partial charge in [0.25, 0.3) is 0 Å². The van der Waals surface area contributed by atoms with Crippen molar-refractivity contribution in [3.05, 3.63) is 29.3 Å². The molecule has 0 aliphatic heterocycles. The van der Waals surface area contributed by atoms with E-state index in [9.17, 15) is 0 Å². The Morgan fingerprint density at radius 1 is 1.47 bits per heavy atom. The van der Waals surface area contributed by atoms with E-state index in [1.165, 1.54) is 30.4 Å². The fourth-order valence-corrected chi connectivity index (χ4v) is 3.29. The molecular weight excluding hydrogens is 232 g/mol. The molecular formula is C15H21ClO. The summed E-state index contributed by atoms with van der Waals surface area (Å²) in [6, 6.07) is 6.45. The maximum atomic E-state index is 6.53. The van der Waals surface area contributed by atoms with Gasteiger partial charge < -0.3 is 4.74 Å². The highest BCUT2D eigenvalue weighted by Gasteiger charge is 2.26. The molecule has 2 rings (SSSR count). The van der Waals surface area contributed by atoms with Gasteiger partial charge in [-0.3, -0.25) is 0 Å². The van der Waals surface area contributed by atoms with E-state index in [4.69, 9.17) is 16.3 Å². The summed E-state index contributed by atoms with van der Waals surface area (Å²) in [5, 5.41) is 0.285. The minimum atomic E-state index is 0.285. The number of hydrogen-bond donors (Lipinski definition) is 0. The van der Waals surface area contributed by atoms with Gasteiger partial charge in [0, 0.05) is 11.3 Å². The van der Waals surface area contributed by atoms with Gasteiger partial charge in [-0.05, 0) is 48.9 Å². The van der Waals surface area contributed by atoms with E-state index < -0.39 is 0 Å². The van der Waals surface area contributed by atoms with Gasteiger partial charge in [0.05, 0.1) is 7.11 Å². The summed E-state index contributed by atoms with van der Waals surface area (Å²) < 4.78 is 5.29. The van der Waals surface area contributed by atoms with E-state index in [0.717, 1.165) is 18.6 Å². The van der Waals surface area contributed by atoms with Crippen molar-refractivity contribution >= 4 is 11.6 Å². The second-order valence-electron chi connectivity index (χ2n) is 4.87.